The molecule has 1 aromatic carbocycles. The molecule has 1 aromatic rings. The summed E-state index contributed by atoms with van der Waals surface area (Å²) < 4.78 is 27.2. The van der Waals surface area contributed by atoms with Crippen LogP contribution in [0.4, 0.5) is 5.69 Å². The Kier molecular flexibility index (Phi) is 4.95. The zero-order chi connectivity index (χ0) is 18.2. The third-order valence-corrected chi connectivity index (χ3v) is 6.76. The molecule has 1 aliphatic rings. The maximum Gasteiger partial charge on any atom is 0.308 e. The van der Waals surface area contributed by atoms with Gasteiger partial charge in [0.15, 0.2) is 0 Å². The van der Waals surface area contributed by atoms with Gasteiger partial charge in [0, 0.05) is 24.7 Å². The molecule has 1 saturated heterocycles. The maximum atomic E-state index is 13.0. The lowest BCUT2D eigenvalue weighted by atomic mass is 9.92. The van der Waals surface area contributed by atoms with Crippen LogP contribution in [0.3, 0.4) is 0 Å². The van der Waals surface area contributed by atoms with Crippen molar-refractivity contribution < 1.29 is 23.2 Å². The van der Waals surface area contributed by atoms with Gasteiger partial charge in [0.1, 0.15) is 0 Å². The summed E-state index contributed by atoms with van der Waals surface area (Å²) in [5.74, 6) is -1.82. The fourth-order valence-electron chi connectivity index (χ4n) is 3.09. The van der Waals surface area contributed by atoms with E-state index in [0.29, 0.717) is 24.0 Å². The highest BCUT2D eigenvalue weighted by Crippen LogP contribution is 2.33. The molecule has 2 atom stereocenters. The summed E-state index contributed by atoms with van der Waals surface area (Å²) in [5.41, 5.74) is 0.642. The standard InChI is InChI=1S/C15H20N2O6S/c1-9-7-12(17(20)21)8-14(10(9)2)24(22,23)16-6-4-5-13(11(16)3)15(18)19/h7-8,11,13H,4-6H2,1-3H3,(H,18,19)/t11-,13-/m1/s1. The normalized spacial score (nSPS) is 22.3. The van der Waals surface area contributed by atoms with Crippen molar-refractivity contribution in [1.82, 2.24) is 4.31 Å². The number of aryl methyl sites for hydroxylation is 1. The second kappa shape index (κ2) is 6.48. The summed E-state index contributed by atoms with van der Waals surface area (Å²) in [5, 5.41) is 20.3. The van der Waals surface area contributed by atoms with E-state index < -0.39 is 32.9 Å². The lowest BCUT2D eigenvalue weighted by Crippen LogP contribution is -2.49. The van der Waals surface area contributed by atoms with E-state index in [4.69, 9.17) is 0 Å². The molecule has 0 saturated carbocycles. The molecule has 0 radical (unpaired) electrons. The summed E-state index contributed by atoms with van der Waals surface area (Å²) in [4.78, 5) is 21.6. The molecule has 1 fully saturated rings. The van der Waals surface area contributed by atoms with E-state index >= 15 is 0 Å². The van der Waals surface area contributed by atoms with Crippen LogP contribution in [-0.2, 0) is 14.8 Å². The van der Waals surface area contributed by atoms with Crippen molar-refractivity contribution in [2.45, 2.75) is 44.6 Å². The Morgan fingerprint density at radius 1 is 1.38 bits per heavy atom. The number of hydrogen-bond donors (Lipinski definition) is 1. The predicted molar refractivity (Wildman–Crippen MR) is 86.3 cm³/mol. The van der Waals surface area contributed by atoms with Crippen LogP contribution in [-0.4, -0.2) is 41.3 Å². The summed E-state index contributed by atoms with van der Waals surface area (Å²) in [6.45, 7) is 4.97. The third kappa shape index (κ3) is 3.13. The smallest absolute Gasteiger partial charge is 0.308 e. The second-order valence-electron chi connectivity index (χ2n) is 6.09. The number of benzene rings is 1. The van der Waals surface area contributed by atoms with Gasteiger partial charge in [-0.2, -0.15) is 4.31 Å². The molecular formula is C15H20N2O6S. The molecular weight excluding hydrogens is 336 g/mol. The number of non-ortho nitro benzene ring substituents is 1. The minimum Gasteiger partial charge on any atom is -0.481 e. The molecule has 0 amide bonds. The quantitative estimate of drug-likeness (QED) is 0.652. The van der Waals surface area contributed by atoms with Gasteiger partial charge in [-0.25, -0.2) is 8.42 Å². The van der Waals surface area contributed by atoms with E-state index in [9.17, 15) is 28.4 Å². The Morgan fingerprint density at radius 2 is 2.00 bits per heavy atom. The minimum absolute atomic E-state index is 0.132. The molecule has 0 aliphatic carbocycles. The van der Waals surface area contributed by atoms with Gasteiger partial charge in [-0.3, -0.25) is 14.9 Å². The van der Waals surface area contributed by atoms with Crippen LogP contribution in [0, 0.1) is 29.9 Å². The Hall–Kier alpha value is -2.00. The molecule has 0 spiro atoms. The third-order valence-electron chi connectivity index (χ3n) is 4.65. The molecule has 1 heterocycles. The highest BCUT2D eigenvalue weighted by molar-refractivity contribution is 7.89. The number of nitrogens with zero attached hydrogens (tertiary/aromatic N) is 2. The Bertz CT molecular complexity index is 789. The Labute approximate surface area is 140 Å². The SMILES string of the molecule is Cc1cc([N+](=O)[O-])cc(S(=O)(=O)N2CCC[C@@H](C(=O)O)[C@H]2C)c1C. The van der Waals surface area contributed by atoms with Crippen LogP contribution in [0.1, 0.15) is 30.9 Å². The van der Waals surface area contributed by atoms with E-state index in [1.165, 1.54) is 6.07 Å². The molecule has 0 bridgehead atoms. The van der Waals surface area contributed by atoms with E-state index in [2.05, 4.69) is 0 Å². The van der Waals surface area contributed by atoms with Crippen molar-refractivity contribution in [3.63, 3.8) is 0 Å². The number of sulfonamides is 1. The fraction of sp³-hybridized carbons (Fsp3) is 0.533. The first-order valence-corrected chi connectivity index (χ1v) is 9.01. The molecule has 132 valence electrons. The molecule has 1 aliphatic heterocycles. The topological polar surface area (TPSA) is 118 Å². The number of hydrogen-bond acceptors (Lipinski definition) is 5. The molecule has 8 nitrogen and oxygen atoms in total. The average Bonchev–Trinajstić information content (AvgIpc) is 2.49. The highest BCUT2D eigenvalue weighted by Gasteiger charge is 2.40. The zero-order valence-corrected chi connectivity index (χ0v) is 14.5. The Morgan fingerprint density at radius 3 is 2.54 bits per heavy atom. The first-order valence-electron chi connectivity index (χ1n) is 7.57. The number of carboxylic acids is 1. The van der Waals surface area contributed by atoms with E-state index in [0.717, 1.165) is 10.4 Å². The number of nitro benzene ring substituents is 1. The van der Waals surface area contributed by atoms with Crippen molar-refractivity contribution in [3.8, 4) is 0 Å². The zero-order valence-electron chi connectivity index (χ0n) is 13.7. The Balaban J connectivity index is 2.54. The number of aliphatic carboxylic acids is 1. The first-order chi connectivity index (χ1) is 11.1. The van der Waals surface area contributed by atoms with Crippen LogP contribution in [0.25, 0.3) is 0 Å². The van der Waals surface area contributed by atoms with Crippen LogP contribution in [0.5, 0.6) is 0 Å². The van der Waals surface area contributed by atoms with Gasteiger partial charge in [-0.15, -0.1) is 0 Å². The molecule has 2 rings (SSSR count). The second-order valence-corrected chi connectivity index (χ2v) is 7.95. The van der Waals surface area contributed by atoms with Crippen molar-refractivity contribution in [3.05, 3.63) is 33.4 Å². The molecule has 0 unspecified atom stereocenters. The molecule has 0 aromatic heterocycles. The van der Waals surface area contributed by atoms with Crippen LogP contribution in [0.15, 0.2) is 17.0 Å². The van der Waals surface area contributed by atoms with Gasteiger partial charge in [0.05, 0.1) is 15.7 Å². The predicted octanol–water partition coefficient (Wildman–Crippen LogP) is 2.09. The average molecular weight is 356 g/mol. The fourth-order valence-corrected chi connectivity index (χ4v) is 5.11. The molecule has 24 heavy (non-hydrogen) atoms. The number of nitro groups is 1. The van der Waals surface area contributed by atoms with Crippen molar-refractivity contribution in [2.24, 2.45) is 5.92 Å². The van der Waals surface area contributed by atoms with E-state index in [1.54, 1.807) is 20.8 Å². The first kappa shape index (κ1) is 18.3. The van der Waals surface area contributed by atoms with Gasteiger partial charge < -0.3 is 5.11 Å². The lowest BCUT2D eigenvalue weighted by molar-refractivity contribution is -0.385. The summed E-state index contributed by atoms with van der Waals surface area (Å²) in [7, 11) is -4.02. The van der Waals surface area contributed by atoms with Crippen molar-refractivity contribution in [1.29, 1.82) is 0 Å². The number of rotatable bonds is 4. The number of carbonyl (C=O) groups is 1. The van der Waals surface area contributed by atoms with Gasteiger partial charge in [-0.1, -0.05) is 0 Å². The van der Waals surface area contributed by atoms with Gasteiger partial charge in [0.2, 0.25) is 10.0 Å². The summed E-state index contributed by atoms with van der Waals surface area (Å²) in [6.07, 6.45) is 0.850. The van der Waals surface area contributed by atoms with Crippen LogP contribution >= 0.6 is 0 Å². The van der Waals surface area contributed by atoms with Crippen molar-refractivity contribution in [2.75, 3.05) is 6.54 Å². The molecule has 1 N–H and O–H groups in total. The van der Waals surface area contributed by atoms with Gasteiger partial charge in [-0.05, 0) is 44.7 Å². The summed E-state index contributed by atoms with van der Waals surface area (Å²) in [6, 6.07) is 1.67. The van der Waals surface area contributed by atoms with Crippen LogP contribution < -0.4 is 0 Å². The van der Waals surface area contributed by atoms with Crippen molar-refractivity contribution >= 4 is 21.7 Å². The monoisotopic (exact) mass is 356 g/mol. The van der Waals surface area contributed by atoms with E-state index in [-0.39, 0.29) is 17.1 Å². The lowest BCUT2D eigenvalue weighted by Gasteiger charge is -2.36. The number of piperidine rings is 1. The molecule has 9 heteroatoms. The highest BCUT2D eigenvalue weighted by atomic mass is 32.2. The van der Waals surface area contributed by atoms with Gasteiger partial charge >= 0.3 is 5.97 Å². The minimum atomic E-state index is -4.02. The van der Waals surface area contributed by atoms with E-state index in [1.807, 2.05) is 0 Å². The number of carboxylic acid groups (broad SMARTS) is 1. The summed E-state index contributed by atoms with van der Waals surface area (Å²) >= 11 is 0. The van der Waals surface area contributed by atoms with Gasteiger partial charge in [0.25, 0.3) is 5.69 Å². The largest absolute Gasteiger partial charge is 0.481 e. The van der Waals surface area contributed by atoms with Crippen LogP contribution in [0.2, 0.25) is 0 Å². The maximum absolute atomic E-state index is 13.0.